The summed E-state index contributed by atoms with van der Waals surface area (Å²) >= 11 is 0. The summed E-state index contributed by atoms with van der Waals surface area (Å²) in [5, 5.41) is 4.51. The lowest BCUT2D eigenvalue weighted by atomic mass is 10.1. The molecule has 6 heteroatoms. The first kappa shape index (κ1) is 12.7. The summed E-state index contributed by atoms with van der Waals surface area (Å²) in [5.41, 5.74) is 2.29. The molecule has 0 N–H and O–H groups in total. The minimum absolute atomic E-state index is 0.0601. The summed E-state index contributed by atoms with van der Waals surface area (Å²) in [7, 11) is 0. The number of nitrogens with zero attached hydrogens (tertiary/aromatic N) is 5. The van der Waals surface area contributed by atoms with Gasteiger partial charge in [-0.1, -0.05) is 6.07 Å². The van der Waals surface area contributed by atoms with E-state index in [-0.39, 0.29) is 5.91 Å². The Bertz CT molecular complexity index is 813. The Kier molecular flexibility index (Phi) is 2.93. The van der Waals surface area contributed by atoms with E-state index in [2.05, 4.69) is 15.1 Å². The van der Waals surface area contributed by atoms with Gasteiger partial charge in [0.05, 0.1) is 23.1 Å². The SMILES string of the molecule is O=C1c2cn(-c3cccnc3)nc2CCN1c1ccccn1. The molecule has 4 rings (SSSR count). The van der Waals surface area contributed by atoms with Crippen LogP contribution >= 0.6 is 0 Å². The van der Waals surface area contributed by atoms with Gasteiger partial charge in [-0.25, -0.2) is 9.67 Å². The third kappa shape index (κ3) is 2.05. The zero-order valence-corrected chi connectivity index (χ0v) is 11.8. The van der Waals surface area contributed by atoms with E-state index in [1.54, 1.807) is 34.4 Å². The van der Waals surface area contributed by atoms with Crippen molar-refractivity contribution in [3.63, 3.8) is 0 Å². The van der Waals surface area contributed by atoms with Gasteiger partial charge < -0.3 is 0 Å². The molecule has 1 aliphatic rings. The smallest absolute Gasteiger partial charge is 0.262 e. The molecule has 0 saturated heterocycles. The van der Waals surface area contributed by atoms with Crippen LogP contribution in [0.1, 0.15) is 16.1 Å². The van der Waals surface area contributed by atoms with Gasteiger partial charge in [-0.05, 0) is 24.3 Å². The second kappa shape index (κ2) is 5.07. The van der Waals surface area contributed by atoms with Gasteiger partial charge in [0.15, 0.2) is 0 Å². The molecule has 1 amide bonds. The highest BCUT2D eigenvalue weighted by Crippen LogP contribution is 2.23. The van der Waals surface area contributed by atoms with Crippen molar-refractivity contribution in [1.82, 2.24) is 19.7 Å². The van der Waals surface area contributed by atoms with Crippen molar-refractivity contribution in [3.8, 4) is 5.69 Å². The molecule has 3 aromatic heterocycles. The number of anilines is 1. The summed E-state index contributed by atoms with van der Waals surface area (Å²) in [5.74, 6) is 0.613. The molecule has 22 heavy (non-hydrogen) atoms. The summed E-state index contributed by atoms with van der Waals surface area (Å²) in [6.07, 6.45) is 7.60. The largest absolute Gasteiger partial charge is 0.292 e. The number of hydrogen-bond donors (Lipinski definition) is 0. The molecule has 0 unspecified atom stereocenters. The molecule has 0 bridgehead atoms. The maximum Gasteiger partial charge on any atom is 0.262 e. The van der Waals surface area contributed by atoms with Crippen LogP contribution in [0.5, 0.6) is 0 Å². The fourth-order valence-corrected chi connectivity index (χ4v) is 2.59. The average Bonchev–Trinajstić information content (AvgIpc) is 3.02. The van der Waals surface area contributed by atoms with E-state index in [0.717, 1.165) is 11.4 Å². The number of fused-ring (bicyclic) bond motifs is 1. The minimum Gasteiger partial charge on any atom is -0.292 e. The first-order valence-corrected chi connectivity index (χ1v) is 7.05. The molecule has 3 aromatic rings. The molecule has 0 atom stereocenters. The van der Waals surface area contributed by atoms with E-state index in [4.69, 9.17) is 0 Å². The number of amides is 1. The van der Waals surface area contributed by atoms with Crippen molar-refractivity contribution in [3.05, 3.63) is 66.4 Å². The zero-order chi connectivity index (χ0) is 14.9. The second-order valence-electron chi connectivity index (χ2n) is 5.04. The van der Waals surface area contributed by atoms with Gasteiger partial charge in [0, 0.05) is 31.6 Å². The van der Waals surface area contributed by atoms with Crippen LogP contribution in [0.25, 0.3) is 5.69 Å². The maximum atomic E-state index is 12.7. The summed E-state index contributed by atoms with van der Waals surface area (Å²) in [6.45, 7) is 0.590. The number of pyridine rings is 2. The van der Waals surface area contributed by atoms with Gasteiger partial charge in [-0.15, -0.1) is 0 Å². The van der Waals surface area contributed by atoms with Gasteiger partial charge >= 0.3 is 0 Å². The molecule has 108 valence electrons. The monoisotopic (exact) mass is 291 g/mol. The molecule has 0 aliphatic carbocycles. The Labute approximate surface area is 127 Å². The van der Waals surface area contributed by atoms with E-state index in [1.165, 1.54) is 0 Å². The average molecular weight is 291 g/mol. The Morgan fingerprint density at radius 1 is 1.09 bits per heavy atom. The van der Waals surface area contributed by atoms with Crippen molar-refractivity contribution < 1.29 is 4.79 Å². The highest BCUT2D eigenvalue weighted by atomic mass is 16.2. The molecule has 0 fully saturated rings. The van der Waals surface area contributed by atoms with Crippen LogP contribution in [0.4, 0.5) is 5.82 Å². The topological polar surface area (TPSA) is 63.9 Å². The van der Waals surface area contributed by atoms with Crippen LogP contribution in [0, 0.1) is 0 Å². The Morgan fingerprint density at radius 3 is 2.82 bits per heavy atom. The zero-order valence-electron chi connectivity index (χ0n) is 11.8. The maximum absolute atomic E-state index is 12.7. The standard InChI is InChI=1S/C16H13N5O/c22-16-13-11-21(12-4-3-7-17-10-12)19-14(13)6-9-20(16)15-5-1-2-8-18-15/h1-5,7-8,10-11H,6,9H2. The van der Waals surface area contributed by atoms with Gasteiger partial charge in [-0.3, -0.25) is 14.7 Å². The van der Waals surface area contributed by atoms with Crippen molar-refractivity contribution in [1.29, 1.82) is 0 Å². The lowest BCUT2D eigenvalue weighted by Crippen LogP contribution is -2.37. The van der Waals surface area contributed by atoms with Crippen LogP contribution in [0.2, 0.25) is 0 Å². The number of rotatable bonds is 2. The van der Waals surface area contributed by atoms with Crippen LogP contribution in [0.15, 0.2) is 55.1 Å². The predicted octanol–water partition coefficient (Wildman–Crippen LogP) is 1.87. The number of carbonyl (C=O) groups is 1. The third-order valence-corrected chi connectivity index (χ3v) is 3.67. The molecule has 0 aromatic carbocycles. The number of hydrogen-bond acceptors (Lipinski definition) is 4. The summed E-state index contributed by atoms with van der Waals surface area (Å²) < 4.78 is 1.71. The van der Waals surface area contributed by atoms with Gasteiger partial charge in [0.25, 0.3) is 5.91 Å². The first-order chi connectivity index (χ1) is 10.8. The van der Waals surface area contributed by atoms with E-state index in [9.17, 15) is 4.79 Å². The van der Waals surface area contributed by atoms with Gasteiger partial charge in [0.1, 0.15) is 5.82 Å². The molecular formula is C16H13N5O. The number of aromatic nitrogens is 4. The molecule has 4 heterocycles. The Balaban J connectivity index is 1.71. The quantitative estimate of drug-likeness (QED) is 0.723. The van der Waals surface area contributed by atoms with E-state index < -0.39 is 0 Å². The molecule has 0 spiro atoms. The van der Waals surface area contributed by atoms with Crippen LogP contribution in [-0.2, 0) is 6.42 Å². The van der Waals surface area contributed by atoms with Crippen LogP contribution in [-0.4, -0.2) is 32.2 Å². The van der Waals surface area contributed by atoms with E-state index in [1.807, 2.05) is 30.3 Å². The predicted molar refractivity (Wildman–Crippen MR) is 81.0 cm³/mol. The van der Waals surface area contributed by atoms with Gasteiger partial charge in [0.2, 0.25) is 0 Å². The van der Waals surface area contributed by atoms with Crippen molar-refractivity contribution in [2.75, 3.05) is 11.4 Å². The van der Waals surface area contributed by atoms with E-state index in [0.29, 0.717) is 24.3 Å². The van der Waals surface area contributed by atoms with Crippen molar-refractivity contribution in [2.45, 2.75) is 6.42 Å². The fourth-order valence-electron chi connectivity index (χ4n) is 2.59. The van der Waals surface area contributed by atoms with Crippen molar-refractivity contribution in [2.24, 2.45) is 0 Å². The molecule has 0 saturated carbocycles. The normalized spacial score (nSPS) is 14.0. The summed E-state index contributed by atoms with van der Waals surface area (Å²) in [4.78, 5) is 22.7. The lowest BCUT2D eigenvalue weighted by Gasteiger charge is -2.24. The third-order valence-electron chi connectivity index (χ3n) is 3.67. The van der Waals surface area contributed by atoms with Crippen LogP contribution in [0.3, 0.4) is 0 Å². The molecule has 6 nitrogen and oxygen atoms in total. The molecule has 0 radical (unpaired) electrons. The van der Waals surface area contributed by atoms with Crippen LogP contribution < -0.4 is 4.90 Å². The minimum atomic E-state index is -0.0601. The highest BCUT2D eigenvalue weighted by Gasteiger charge is 2.29. The fraction of sp³-hybridized carbons (Fsp3) is 0.125. The number of carbonyl (C=O) groups excluding carboxylic acids is 1. The summed E-state index contributed by atoms with van der Waals surface area (Å²) in [6, 6.07) is 9.31. The van der Waals surface area contributed by atoms with Gasteiger partial charge in [-0.2, -0.15) is 5.10 Å². The van der Waals surface area contributed by atoms with E-state index >= 15 is 0 Å². The molecule has 1 aliphatic heterocycles. The molecular weight excluding hydrogens is 278 g/mol. The highest BCUT2D eigenvalue weighted by molar-refractivity contribution is 6.07. The Morgan fingerprint density at radius 2 is 2.05 bits per heavy atom. The van der Waals surface area contributed by atoms with Crippen molar-refractivity contribution >= 4 is 11.7 Å². The Hall–Kier alpha value is -3.02. The lowest BCUT2D eigenvalue weighted by molar-refractivity contribution is 0.0980. The first-order valence-electron chi connectivity index (χ1n) is 7.05. The second-order valence-corrected chi connectivity index (χ2v) is 5.04.